The Balaban J connectivity index is 1.89. The van der Waals surface area contributed by atoms with Gasteiger partial charge in [-0.2, -0.15) is 0 Å². The number of hydrogen-bond donors (Lipinski definition) is 1. The first-order valence-corrected chi connectivity index (χ1v) is 6.78. The topological polar surface area (TPSA) is 48.5 Å². The smallest absolute Gasteiger partial charge is 0.236 e. The van der Waals surface area contributed by atoms with E-state index >= 15 is 0 Å². The average molecular weight is 262 g/mol. The van der Waals surface area contributed by atoms with E-state index in [0.29, 0.717) is 6.54 Å². The van der Waals surface area contributed by atoms with E-state index < -0.39 is 0 Å². The Morgan fingerprint density at radius 3 is 2.84 bits per heavy atom. The number of hydrogen-bond acceptors (Lipinski definition) is 4. The summed E-state index contributed by atoms with van der Waals surface area (Å²) < 4.78 is 0. The number of amides is 1. The molecule has 1 atom stereocenters. The molecule has 1 saturated heterocycles. The summed E-state index contributed by atoms with van der Waals surface area (Å²) in [7, 11) is 1.97. The molecule has 2 heterocycles. The second-order valence-corrected chi connectivity index (χ2v) is 4.98. The van der Waals surface area contributed by atoms with E-state index in [1.807, 2.05) is 35.0 Å². The summed E-state index contributed by atoms with van der Waals surface area (Å²) in [6.45, 7) is 5.93. The minimum atomic E-state index is 0.146. The van der Waals surface area contributed by atoms with Crippen molar-refractivity contribution in [3.63, 3.8) is 0 Å². The van der Waals surface area contributed by atoms with Gasteiger partial charge in [0.25, 0.3) is 0 Å². The van der Waals surface area contributed by atoms with Crippen molar-refractivity contribution in [1.82, 2.24) is 20.1 Å². The van der Waals surface area contributed by atoms with E-state index in [1.54, 1.807) is 6.20 Å². The van der Waals surface area contributed by atoms with Gasteiger partial charge in [-0.25, -0.2) is 0 Å². The molecule has 5 nitrogen and oxygen atoms in total. The van der Waals surface area contributed by atoms with Crippen LogP contribution >= 0.6 is 0 Å². The van der Waals surface area contributed by atoms with E-state index in [9.17, 15) is 4.79 Å². The SMILES string of the molecule is CC(c1ccccn1)N(C)CC(=O)N1CCNCC1. The Kier molecular flexibility index (Phi) is 4.87. The zero-order chi connectivity index (χ0) is 13.7. The van der Waals surface area contributed by atoms with Gasteiger partial charge >= 0.3 is 0 Å². The van der Waals surface area contributed by atoms with Crippen molar-refractivity contribution in [2.75, 3.05) is 39.8 Å². The summed E-state index contributed by atoms with van der Waals surface area (Å²) in [5.74, 6) is 0.201. The lowest BCUT2D eigenvalue weighted by atomic mass is 10.2. The summed E-state index contributed by atoms with van der Waals surface area (Å²) in [6.07, 6.45) is 1.79. The van der Waals surface area contributed by atoms with Gasteiger partial charge < -0.3 is 10.2 Å². The van der Waals surface area contributed by atoms with Crippen molar-refractivity contribution in [2.45, 2.75) is 13.0 Å². The van der Waals surface area contributed by atoms with Crippen LogP contribution in [-0.4, -0.2) is 60.5 Å². The van der Waals surface area contributed by atoms with E-state index in [-0.39, 0.29) is 11.9 Å². The number of carbonyl (C=O) groups excluding carboxylic acids is 1. The van der Waals surface area contributed by atoms with Gasteiger partial charge in [0.1, 0.15) is 0 Å². The van der Waals surface area contributed by atoms with Crippen LogP contribution in [0.1, 0.15) is 18.7 Å². The molecule has 1 amide bonds. The van der Waals surface area contributed by atoms with Crippen LogP contribution in [0, 0.1) is 0 Å². The lowest BCUT2D eigenvalue weighted by Crippen LogP contribution is -2.49. The lowest BCUT2D eigenvalue weighted by Gasteiger charge is -2.31. The number of aromatic nitrogens is 1. The zero-order valence-corrected chi connectivity index (χ0v) is 11.7. The van der Waals surface area contributed by atoms with E-state index in [1.165, 1.54) is 0 Å². The van der Waals surface area contributed by atoms with Crippen molar-refractivity contribution in [3.05, 3.63) is 30.1 Å². The van der Waals surface area contributed by atoms with Crippen molar-refractivity contribution in [2.24, 2.45) is 0 Å². The first-order valence-electron chi connectivity index (χ1n) is 6.78. The molecule has 0 bridgehead atoms. The number of rotatable bonds is 4. The normalized spacial score (nSPS) is 17.5. The molecular weight excluding hydrogens is 240 g/mol. The molecule has 1 N–H and O–H groups in total. The molecule has 5 heteroatoms. The second kappa shape index (κ2) is 6.63. The maximum absolute atomic E-state index is 12.2. The summed E-state index contributed by atoms with van der Waals surface area (Å²) in [6, 6.07) is 6.02. The van der Waals surface area contributed by atoms with Crippen molar-refractivity contribution >= 4 is 5.91 Å². The lowest BCUT2D eigenvalue weighted by molar-refractivity contribution is -0.133. The number of piperazine rings is 1. The quantitative estimate of drug-likeness (QED) is 0.859. The van der Waals surface area contributed by atoms with Crippen LogP contribution in [0.4, 0.5) is 0 Å². The highest BCUT2D eigenvalue weighted by Crippen LogP contribution is 2.15. The van der Waals surface area contributed by atoms with Gasteiger partial charge in [0.05, 0.1) is 12.2 Å². The molecule has 0 saturated carbocycles. The molecule has 1 aliphatic rings. The average Bonchev–Trinajstić information content (AvgIpc) is 2.48. The molecule has 1 unspecified atom stereocenters. The first-order chi connectivity index (χ1) is 9.18. The Labute approximate surface area is 114 Å². The minimum Gasteiger partial charge on any atom is -0.339 e. The van der Waals surface area contributed by atoms with Crippen LogP contribution in [-0.2, 0) is 4.79 Å². The molecule has 1 aromatic rings. The monoisotopic (exact) mass is 262 g/mol. The summed E-state index contributed by atoms with van der Waals surface area (Å²) >= 11 is 0. The van der Waals surface area contributed by atoms with Gasteiger partial charge in [0.15, 0.2) is 0 Å². The molecule has 2 rings (SSSR count). The third-order valence-electron chi connectivity index (χ3n) is 3.63. The fourth-order valence-electron chi connectivity index (χ4n) is 2.21. The highest BCUT2D eigenvalue weighted by Gasteiger charge is 2.20. The molecule has 0 radical (unpaired) electrons. The Morgan fingerprint density at radius 2 is 2.21 bits per heavy atom. The van der Waals surface area contributed by atoms with Gasteiger partial charge in [-0.15, -0.1) is 0 Å². The van der Waals surface area contributed by atoms with Gasteiger partial charge in [0, 0.05) is 38.4 Å². The summed E-state index contributed by atoms with van der Waals surface area (Å²) in [5, 5.41) is 3.25. The number of nitrogens with one attached hydrogen (secondary N) is 1. The van der Waals surface area contributed by atoms with Crippen LogP contribution in [0.25, 0.3) is 0 Å². The highest BCUT2D eigenvalue weighted by atomic mass is 16.2. The van der Waals surface area contributed by atoms with Crippen LogP contribution in [0.2, 0.25) is 0 Å². The number of likely N-dealkylation sites (N-methyl/N-ethyl adjacent to an activating group) is 1. The Hall–Kier alpha value is -1.46. The van der Waals surface area contributed by atoms with Crippen LogP contribution in [0.3, 0.4) is 0 Å². The predicted octanol–water partition coefficient (Wildman–Crippen LogP) is 0.506. The minimum absolute atomic E-state index is 0.146. The summed E-state index contributed by atoms with van der Waals surface area (Å²) in [4.78, 5) is 20.5. The Morgan fingerprint density at radius 1 is 1.47 bits per heavy atom. The second-order valence-electron chi connectivity index (χ2n) is 4.98. The Bertz CT molecular complexity index is 403. The molecular formula is C14H22N4O. The number of pyridine rings is 1. The maximum atomic E-state index is 12.2. The third-order valence-corrected chi connectivity index (χ3v) is 3.63. The maximum Gasteiger partial charge on any atom is 0.236 e. The molecule has 19 heavy (non-hydrogen) atoms. The fraction of sp³-hybridized carbons (Fsp3) is 0.571. The van der Waals surface area contributed by atoms with Gasteiger partial charge in [-0.05, 0) is 26.1 Å². The van der Waals surface area contributed by atoms with Crippen molar-refractivity contribution in [1.29, 1.82) is 0 Å². The largest absolute Gasteiger partial charge is 0.339 e. The van der Waals surface area contributed by atoms with Crippen LogP contribution in [0.5, 0.6) is 0 Å². The molecule has 1 aromatic heterocycles. The van der Waals surface area contributed by atoms with Gasteiger partial charge in [-0.1, -0.05) is 6.07 Å². The standard InChI is InChI=1S/C14H22N4O/c1-12(13-5-3-4-6-16-13)17(2)11-14(19)18-9-7-15-8-10-18/h3-6,12,15H,7-11H2,1-2H3. The number of carbonyl (C=O) groups is 1. The van der Waals surface area contributed by atoms with Gasteiger partial charge in [0.2, 0.25) is 5.91 Å². The fourth-order valence-corrected chi connectivity index (χ4v) is 2.21. The van der Waals surface area contributed by atoms with Crippen molar-refractivity contribution < 1.29 is 4.79 Å². The molecule has 1 aliphatic heterocycles. The molecule has 104 valence electrons. The summed E-state index contributed by atoms with van der Waals surface area (Å²) in [5.41, 5.74) is 0.998. The molecule has 0 aromatic carbocycles. The predicted molar refractivity (Wildman–Crippen MR) is 74.7 cm³/mol. The number of nitrogens with zero attached hydrogens (tertiary/aromatic N) is 3. The first kappa shape index (κ1) is 14.0. The van der Waals surface area contributed by atoms with Crippen LogP contribution < -0.4 is 5.32 Å². The molecule has 0 spiro atoms. The van der Waals surface area contributed by atoms with E-state index in [0.717, 1.165) is 31.9 Å². The van der Waals surface area contributed by atoms with Gasteiger partial charge in [-0.3, -0.25) is 14.7 Å². The molecule has 0 aliphatic carbocycles. The highest BCUT2D eigenvalue weighted by molar-refractivity contribution is 5.78. The van der Waals surface area contributed by atoms with Crippen LogP contribution in [0.15, 0.2) is 24.4 Å². The van der Waals surface area contributed by atoms with Crippen molar-refractivity contribution in [3.8, 4) is 0 Å². The zero-order valence-electron chi connectivity index (χ0n) is 11.7. The third kappa shape index (κ3) is 3.75. The molecule has 1 fully saturated rings. The van der Waals surface area contributed by atoms with E-state index in [4.69, 9.17) is 0 Å². The van der Waals surface area contributed by atoms with E-state index in [2.05, 4.69) is 17.2 Å².